The predicted molar refractivity (Wildman–Crippen MR) is 71.4 cm³/mol. The molecule has 0 saturated carbocycles. The maximum Gasteiger partial charge on any atom is 0.224 e. The monoisotopic (exact) mass is 254 g/mol. The summed E-state index contributed by atoms with van der Waals surface area (Å²) >= 11 is 0. The van der Waals surface area contributed by atoms with Crippen molar-refractivity contribution in [1.29, 1.82) is 0 Å². The first-order valence-electron chi connectivity index (χ1n) is 5.86. The van der Waals surface area contributed by atoms with E-state index in [1.807, 2.05) is 30.3 Å². The fourth-order valence-electron chi connectivity index (χ4n) is 1.99. The van der Waals surface area contributed by atoms with Gasteiger partial charge in [0.1, 0.15) is 0 Å². The highest BCUT2D eigenvalue weighted by molar-refractivity contribution is 5.85. The van der Waals surface area contributed by atoms with Crippen molar-refractivity contribution in [3.8, 4) is 0 Å². The number of hydrogen-bond acceptors (Lipinski definition) is 2. The maximum absolute atomic E-state index is 11.6. The van der Waals surface area contributed by atoms with Crippen LogP contribution in [0.25, 0.3) is 0 Å². The molecule has 1 aliphatic heterocycles. The third-order valence-corrected chi connectivity index (χ3v) is 2.96. The van der Waals surface area contributed by atoms with Gasteiger partial charge >= 0.3 is 0 Å². The van der Waals surface area contributed by atoms with Crippen molar-refractivity contribution >= 4 is 18.3 Å². The van der Waals surface area contributed by atoms with Crippen LogP contribution >= 0.6 is 12.4 Å². The molecule has 1 atom stereocenters. The van der Waals surface area contributed by atoms with Gasteiger partial charge in [-0.15, -0.1) is 12.4 Å². The molecule has 0 radical (unpaired) electrons. The van der Waals surface area contributed by atoms with Crippen LogP contribution in [0.2, 0.25) is 0 Å². The van der Waals surface area contributed by atoms with Crippen LogP contribution in [0.5, 0.6) is 0 Å². The highest BCUT2D eigenvalue weighted by Crippen LogP contribution is 2.05. The van der Waals surface area contributed by atoms with Crippen LogP contribution in [0.4, 0.5) is 0 Å². The van der Waals surface area contributed by atoms with E-state index in [-0.39, 0.29) is 18.3 Å². The first-order chi connectivity index (χ1) is 7.84. The van der Waals surface area contributed by atoms with Gasteiger partial charge in [0.05, 0.1) is 6.42 Å². The Morgan fingerprint density at radius 3 is 2.76 bits per heavy atom. The highest BCUT2D eigenvalue weighted by Gasteiger charge is 2.14. The summed E-state index contributed by atoms with van der Waals surface area (Å²) < 4.78 is 0. The van der Waals surface area contributed by atoms with Gasteiger partial charge in [0.15, 0.2) is 0 Å². The Morgan fingerprint density at radius 2 is 2.12 bits per heavy atom. The molecular formula is C13H19ClN2O. The lowest BCUT2D eigenvalue weighted by Gasteiger charge is -2.09. The van der Waals surface area contributed by atoms with Crippen LogP contribution in [0.1, 0.15) is 12.0 Å². The summed E-state index contributed by atoms with van der Waals surface area (Å²) in [6.07, 6.45) is 1.66. The molecule has 1 heterocycles. The second-order valence-corrected chi connectivity index (χ2v) is 4.33. The lowest BCUT2D eigenvalue weighted by Crippen LogP contribution is -2.31. The van der Waals surface area contributed by atoms with E-state index in [2.05, 4.69) is 10.6 Å². The molecule has 0 spiro atoms. The Kier molecular flexibility index (Phi) is 6.01. The molecule has 1 fully saturated rings. The molecular weight excluding hydrogens is 236 g/mol. The standard InChI is InChI=1S/C13H18N2O.ClH/c16-13(8-11-4-2-1-3-5-11)15-10-12-6-7-14-9-12;/h1-5,12,14H,6-10H2,(H,15,16);1H/t12-;/m1./s1. The largest absolute Gasteiger partial charge is 0.355 e. The third-order valence-electron chi connectivity index (χ3n) is 2.96. The van der Waals surface area contributed by atoms with Gasteiger partial charge in [-0.25, -0.2) is 0 Å². The minimum atomic E-state index is 0. The molecule has 1 aromatic carbocycles. The Bertz CT molecular complexity index is 337. The summed E-state index contributed by atoms with van der Waals surface area (Å²) in [5.74, 6) is 0.734. The Labute approximate surface area is 108 Å². The number of rotatable bonds is 4. The zero-order valence-corrected chi connectivity index (χ0v) is 10.6. The van der Waals surface area contributed by atoms with Crippen molar-refractivity contribution in [2.24, 2.45) is 5.92 Å². The second-order valence-electron chi connectivity index (χ2n) is 4.33. The average Bonchev–Trinajstić information content (AvgIpc) is 2.81. The van der Waals surface area contributed by atoms with Crippen LogP contribution in [0.15, 0.2) is 30.3 Å². The topological polar surface area (TPSA) is 41.1 Å². The lowest BCUT2D eigenvalue weighted by atomic mass is 10.1. The van der Waals surface area contributed by atoms with E-state index in [0.717, 1.165) is 25.2 Å². The van der Waals surface area contributed by atoms with Crippen LogP contribution < -0.4 is 10.6 Å². The molecule has 0 aromatic heterocycles. The van der Waals surface area contributed by atoms with Gasteiger partial charge in [-0.2, -0.15) is 0 Å². The van der Waals surface area contributed by atoms with Crippen LogP contribution in [0, 0.1) is 5.92 Å². The predicted octanol–water partition coefficient (Wildman–Crippen LogP) is 1.38. The van der Waals surface area contributed by atoms with Gasteiger partial charge in [-0.05, 0) is 31.0 Å². The summed E-state index contributed by atoms with van der Waals surface area (Å²) in [7, 11) is 0. The minimum absolute atomic E-state index is 0. The number of amides is 1. The average molecular weight is 255 g/mol. The van der Waals surface area contributed by atoms with Crippen molar-refractivity contribution < 1.29 is 4.79 Å². The summed E-state index contributed by atoms with van der Waals surface area (Å²) in [6, 6.07) is 9.85. The molecule has 1 aromatic rings. The van der Waals surface area contributed by atoms with Gasteiger partial charge in [0, 0.05) is 6.54 Å². The zero-order chi connectivity index (χ0) is 11.2. The fourth-order valence-corrected chi connectivity index (χ4v) is 1.99. The van der Waals surface area contributed by atoms with Gasteiger partial charge in [0.25, 0.3) is 0 Å². The van der Waals surface area contributed by atoms with Crippen molar-refractivity contribution in [1.82, 2.24) is 10.6 Å². The van der Waals surface area contributed by atoms with Crippen LogP contribution in [-0.4, -0.2) is 25.5 Å². The van der Waals surface area contributed by atoms with Crippen molar-refractivity contribution in [2.75, 3.05) is 19.6 Å². The van der Waals surface area contributed by atoms with Crippen LogP contribution in [0.3, 0.4) is 0 Å². The molecule has 0 aliphatic carbocycles. The minimum Gasteiger partial charge on any atom is -0.355 e. The highest BCUT2D eigenvalue weighted by atomic mass is 35.5. The maximum atomic E-state index is 11.6. The molecule has 2 N–H and O–H groups in total. The van der Waals surface area contributed by atoms with Gasteiger partial charge in [0.2, 0.25) is 5.91 Å². The number of benzene rings is 1. The third kappa shape index (κ3) is 4.75. The Morgan fingerprint density at radius 1 is 1.35 bits per heavy atom. The van der Waals surface area contributed by atoms with Crippen molar-refractivity contribution in [3.63, 3.8) is 0 Å². The van der Waals surface area contributed by atoms with E-state index in [1.165, 1.54) is 6.42 Å². The SMILES string of the molecule is Cl.O=C(Cc1ccccc1)NC[C@@H]1CCNC1. The number of carbonyl (C=O) groups is 1. The van der Waals surface area contributed by atoms with E-state index in [1.54, 1.807) is 0 Å². The first kappa shape index (κ1) is 14.0. The molecule has 1 saturated heterocycles. The summed E-state index contributed by atoms with van der Waals surface area (Å²) in [4.78, 5) is 11.6. The van der Waals surface area contributed by atoms with E-state index < -0.39 is 0 Å². The second kappa shape index (κ2) is 7.30. The molecule has 2 rings (SSSR count). The van der Waals surface area contributed by atoms with Crippen molar-refractivity contribution in [2.45, 2.75) is 12.8 Å². The summed E-state index contributed by atoms with van der Waals surface area (Å²) in [5, 5.41) is 6.29. The molecule has 0 unspecified atom stereocenters. The van der Waals surface area contributed by atoms with E-state index >= 15 is 0 Å². The van der Waals surface area contributed by atoms with E-state index in [9.17, 15) is 4.79 Å². The first-order valence-corrected chi connectivity index (χ1v) is 5.86. The molecule has 17 heavy (non-hydrogen) atoms. The molecule has 94 valence electrons. The molecule has 3 nitrogen and oxygen atoms in total. The number of hydrogen-bond donors (Lipinski definition) is 2. The zero-order valence-electron chi connectivity index (χ0n) is 9.82. The van der Waals surface area contributed by atoms with Crippen molar-refractivity contribution in [3.05, 3.63) is 35.9 Å². The number of halogens is 1. The molecule has 1 aliphatic rings. The Hall–Kier alpha value is -1.06. The molecule has 0 bridgehead atoms. The van der Waals surface area contributed by atoms with Gasteiger partial charge < -0.3 is 10.6 Å². The normalized spacial score (nSPS) is 18.5. The molecule has 1 amide bonds. The quantitative estimate of drug-likeness (QED) is 0.852. The summed E-state index contributed by atoms with van der Waals surface area (Å²) in [6.45, 7) is 2.92. The number of carbonyl (C=O) groups excluding carboxylic acids is 1. The van der Waals surface area contributed by atoms with Gasteiger partial charge in [-0.1, -0.05) is 30.3 Å². The van der Waals surface area contributed by atoms with E-state index in [0.29, 0.717) is 12.3 Å². The Balaban J connectivity index is 0.00000144. The van der Waals surface area contributed by atoms with Crippen LogP contribution in [-0.2, 0) is 11.2 Å². The lowest BCUT2D eigenvalue weighted by molar-refractivity contribution is -0.120. The van der Waals surface area contributed by atoms with E-state index in [4.69, 9.17) is 0 Å². The fraction of sp³-hybridized carbons (Fsp3) is 0.462. The smallest absolute Gasteiger partial charge is 0.224 e. The van der Waals surface area contributed by atoms with Gasteiger partial charge in [-0.3, -0.25) is 4.79 Å². The summed E-state index contributed by atoms with van der Waals surface area (Å²) in [5.41, 5.74) is 1.07. The number of nitrogens with one attached hydrogen (secondary N) is 2. The molecule has 4 heteroatoms.